The lowest BCUT2D eigenvalue weighted by Gasteiger charge is -2.35. The molecule has 1 amide bonds. The molecule has 2 fully saturated rings. The van der Waals surface area contributed by atoms with E-state index in [9.17, 15) is 9.90 Å². The number of terminal acetylenes is 1. The Hall–Kier alpha value is -1.05. The van der Waals surface area contributed by atoms with E-state index in [0.29, 0.717) is 6.61 Å². The second kappa shape index (κ2) is 6.93. The highest BCUT2D eigenvalue weighted by Gasteiger charge is 2.31. The topological polar surface area (TPSA) is 49.8 Å². The first-order valence-electron chi connectivity index (χ1n) is 7.22. The van der Waals surface area contributed by atoms with Crippen molar-refractivity contribution in [2.75, 3.05) is 19.7 Å². The number of rotatable bonds is 3. The summed E-state index contributed by atoms with van der Waals surface area (Å²) in [6, 6.07) is 0. The standard InChI is InChI=1S/C15H23NO3/c1-2-11-19-14-7-9-16(10-8-14)15(18)12-3-5-13(17)6-4-12/h1,12-14,17H,3-11H2. The monoisotopic (exact) mass is 265 g/mol. The van der Waals surface area contributed by atoms with E-state index in [2.05, 4.69) is 5.92 Å². The van der Waals surface area contributed by atoms with Crippen molar-refractivity contribution in [3.8, 4) is 12.3 Å². The summed E-state index contributed by atoms with van der Waals surface area (Å²) in [6.45, 7) is 1.90. The van der Waals surface area contributed by atoms with Crippen LogP contribution in [-0.4, -0.2) is 47.8 Å². The maximum atomic E-state index is 12.4. The number of hydrogen-bond acceptors (Lipinski definition) is 3. The molecule has 0 aromatic heterocycles. The molecule has 1 heterocycles. The van der Waals surface area contributed by atoms with Crippen molar-refractivity contribution in [2.24, 2.45) is 5.92 Å². The molecule has 1 aliphatic heterocycles. The van der Waals surface area contributed by atoms with Gasteiger partial charge in [-0.15, -0.1) is 6.42 Å². The number of carbonyl (C=O) groups is 1. The first-order valence-corrected chi connectivity index (χ1v) is 7.22. The van der Waals surface area contributed by atoms with E-state index < -0.39 is 0 Å². The van der Waals surface area contributed by atoms with Crippen LogP contribution in [0.1, 0.15) is 38.5 Å². The largest absolute Gasteiger partial charge is 0.393 e. The van der Waals surface area contributed by atoms with Crippen molar-refractivity contribution in [3.63, 3.8) is 0 Å². The summed E-state index contributed by atoms with van der Waals surface area (Å²) in [5.74, 6) is 2.86. The minimum atomic E-state index is -0.202. The summed E-state index contributed by atoms with van der Waals surface area (Å²) in [5, 5.41) is 9.48. The Morgan fingerprint density at radius 3 is 2.42 bits per heavy atom. The van der Waals surface area contributed by atoms with Gasteiger partial charge in [-0.2, -0.15) is 0 Å². The van der Waals surface area contributed by atoms with Gasteiger partial charge in [0.2, 0.25) is 5.91 Å². The number of carbonyl (C=O) groups excluding carboxylic acids is 1. The highest BCUT2D eigenvalue weighted by molar-refractivity contribution is 5.79. The molecule has 19 heavy (non-hydrogen) atoms. The minimum Gasteiger partial charge on any atom is -0.393 e. The van der Waals surface area contributed by atoms with Crippen molar-refractivity contribution in [3.05, 3.63) is 0 Å². The van der Waals surface area contributed by atoms with Crippen molar-refractivity contribution in [1.82, 2.24) is 4.90 Å². The normalized spacial score (nSPS) is 28.9. The number of amides is 1. The highest BCUT2D eigenvalue weighted by atomic mass is 16.5. The number of nitrogens with zero attached hydrogens (tertiary/aromatic N) is 1. The molecule has 4 nitrogen and oxygen atoms in total. The van der Waals surface area contributed by atoms with Gasteiger partial charge in [0.15, 0.2) is 0 Å². The second-order valence-electron chi connectivity index (χ2n) is 5.55. The van der Waals surface area contributed by atoms with Crippen LogP contribution in [0, 0.1) is 18.3 Å². The molecule has 0 aromatic rings. The summed E-state index contributed by atoms with van der Waals surface area (Å²) in [6.07, 6.45) is 10.1. The second-order valence-corrected chi connectivity index (χ2v) is 5.55. The molecule has 0 unspecified atom stereocenters. The number of likely N-dealkylation sites (tertiary alicyclic amines) is 1. The predicted octanol–water partition coefficient (Wildman–Crippen LogP) is 1.18. The summed E-state index contributed by atoms with van der Waals surface area (Å²) < 4.78 is 5.51. The number of piperidine rings is 1. The first kappa shape index (κ1) is 14.4. The number of hydrogen-bond donors (Lipinski definition) is 1. The number of ether oxygens (including phenoxy) is 1. The molecule has 1 saturated carbocycles. The average molecular weight is 265 g/mol. The van der Waals surface area contributed by atoms with E-state index >= 15 is 0 Å². The fraction of sp³-hybridized carbons (Fsp3) is 0.800. The molecule has 2 rings (SSSR count). The van der Waals surface area contributed by atoms with Crippen LogP contribution in [0.3, 0.4) is 0 Å². The molecule has 0 bridgehead atoms. The van der Waals surface area contributed by atoms with Crippen LogP contribution in [0.2, 0.25) is 0 Å². The maximum Gasteiger partial charge on any atom is 0.225 e. The fourth-order valence-electron chi connectivity index (χ4n) is 2.99. The molecule has 1 saturated heterocycles. The molecule has 1 N–H and O–H groups in total. The SMILES string of the molecule is C#CCOC1CCN(C(=O)C2CCC(O)CC2)CC1. The summed E-state index contributed by atoms with van der Waals surface area (Å²) in [5.41, 5.74) is 0. The smallest absolute Gasteiger partial charge is 0.225 e. The molecule has 0 atom stereocenters. The lowest BCUT2D eigenvalue weighted by atomic mass is 9.86. The number of aliphatic hydroxyl groups excluding tert-OH is 1. The van der Waals surface area contributed by atoms with Crippen molar-refractivity contribution >= 4 is 5.91 Å². The Kier molecular flexibility index (Phi) is 5.24. The van der Waals surface area contributed by atoms with E-state index in [0.717, 1.165) is 51.6 Å². The van der Waals surface area contributed by atoms with E-state index in [-0.39, 0.29) is 24.0 Å². The van der Waals surface area contributed by atoms with Gasteiger partial charge >= 0.3 is 0 Å². The Labute approximate surface area is 115 Å². The van der Waals surface area contributed by atoms with Gasteiger partial charge in [-0.25, -0.2) is 0 Å². The average Bonchev–Trinajstić information content (AvgIpc) is 2.46. The van der Waals surface area contributed by atoms with Crippen molar-refractivity contribution in [2.45, 2.75) is 50.7 Å². The zero-order chi connectivity index (χ0) is 13.7. The Bertz CT molecular complexity index is 334. The van der Waals surface area contributed by atoms with Crippen LogP contribution in [0.15, 0.2) is 0 Å². The van der Waals surface area contributed by atoms with Gasteiger partial charge < -0.3 is 14.7 Å². The van der Waals surface area contributed by atoms with Crippen LogP contribution < -0.4 is 0 Å². The van der Waals surface area contributed by atoms with Gasteiger partial charge in [0.05, 0.1) is 12.2 Å². The lowest BCUT2D eigenvalue weighted by molar-refractivity contribution is -0.139. The molecule has 0 spiro atoms. The first-order chi connectivity index (χ1) is 9.20. The quantitative estimate of drug-likeness (QED) is 0.780. The Morgan fingerprint density at radius 2 is 1.84 bits per heavy atom. The van der Waals surface area contributed by atoms with Gasteiger partial charge in [-0.3, -0.25) is 4.79 Å². The highest BCUT2D eigenvalue weighted by Crippen LogP contribution is 2.27. The lowest BCUT2D eigenvalue weighted by Crippen LogP contribution is -2.44. The van der Waals surface area contributed by atoms with Crippen LogP contribution >= 0.6 is 0 Å². The van der Waals surface area contributed by atoms with Gasteiger partial charge in [0.25, 0.3) is 0 Å². The summed E-state index contributed by atoms with van der Waals surface area (Å²) in [7, 11) is 0. The Morgan fingerprint density at radius 1 is 1.21 bits per heavy atom. The summed E-state index contributed by atoms with van der Waals surface area (Å²) >= 11 is 0. The van der Waals surface area contributed by atoms with E-state index in [4.69, 9.17) is 11.2 Å². The maximum absolute atomic E-state index is 12.4. The molecule has 4 heteroatoms. The molecule has 106 valence electrons. The predicted molar refractivity (Wildman–Crippen MR) is 72.4 cm³/mol. The molecular formula is C15H23NO3. The van der Waals surface area contributed by atoms with Crippen LogP contribution in [0.4, 0.5) is 0 Å². The minimum absolute atomic E-state index is 0.117. The van der Waals surface area contributed by atoms with Crippen LogP contribution in [0.25, 0.3) is 0 Å². The van der Waals surface area contributed by atoms with Crippen LogP contribution in [0.5, 0.6) is 0 Å². The third-order valence-electron chi connectivity index (χ3n) is 4.20. The fourth-order valence-corrected chi connectivity index (χ4v) is 2.99. The van der Waals surface area contributed by atoms with Crippen molar-refractivity contribution in [1.29, 1.82) is 0 Å². The van der Waals surface area contributed by atoms with E-state index in [1.165, 1.54) is 0 Å². The molecule has 0 aromatic carbocycles. The Balaban J connectivity index is 1.75. The van der Waals surface area contributed by atoms with E-state index in [1.54, 1.807) is 0 Å². The zero-order valence-corrected chi connectivity index (χ0v) is 11.4. The van der Waals surface area contributed by atoms with Gasteiger partial charge in [0.1, 0.15) is 6.61 Å². The summed E-state index contributed by atoms with van der Waals surface area (Å²) in [4.78, 5) is 14.3. The van der Waals surface area contributed by atoms with Gasteiger partial charge in [-0.1, -0.05) is 5.92 Å². The third kappa shape index (κ3) is 3.95. The molecule has 2 aliphatic rings. The molecule has 1 aliphatic carbocycles. The third-order valence-corrected chi connectivity index (χ3v) is 4.20. The van der Waals surface area contributed by atoms with Gasteiger partial charge in [0, 0.05) is 19.0 Å². The molecule has 0 radical (unpaired) electrons. The zero-order valence-electron chi connectivity index (χ0n) is 11.4. The number of aliphatic hydroxyl groups is 1. The van der Waals surface area contributed by atoms with E-state index in [1.807, 2.05) is 4.90 Å². The van der Waals surface area contributed by atoms with Gasteiger partial charge in [-0.05, 0) is 38.5 Å². The van der Waals surface area contributed by atoms with Crippen LogP contribution in [-0.2, 0) is 9.53 Å². The molecular weight excluding hydrogens is 242 g/mol. The van der Waals surface area contributed by atoms with Crippen molar-refractivity contribution < 1.29 is 14.6 Å².